The van der Waals surface area contributed by atoms with Crippen molar-refractivity contribution in [1.82, 2.24) is 18.3 Å². The lowest BCUT2D eigenvalue weighted by Gasteiger charge is -2.12. The molecule has 0 aliphatic heterocycles. The molecule has 6 heterocycles. The van der Waals surface area contributed by atoms with Crippen LogP contribution >= 0.6 is 0 Å². The molecule has 0 saturated heterocycles. The van der Waals surface area contributed by atoms with E-state index in [0.717, 1.165) is 82.7 Å². The van der Waals surface area contributed by atoms with E-state index in [4.69, 9.17) is 8.83 Å². The topological polar surface area (TPSA) is 46.0 Å². The SMILES string of the molecule is c1ccc(-c2ccc(-n3c4ccc(-c5ccc6c(c5)c5ccccc5n6-c5cccc6ccccc56)cc4c4c5c(ccc43)oc3ccccc35)cc2)cc1.c1ccc(-c2ccc(-n3c4ccc(-c5ccc6c(c5)c5ccccc5n6-c5cccc6ccccc56)cc4c4c5oc6ccccc6c5ccc43)cc2)cc1. The molecule has 0 aliphatic carbocycles. The Morgan fingerprint density at radius 3 is 1.04 bits per heavy atom. The highest BCUT2D eigenvalue weighted by Crippen LogP contribution is 2.47. The van der Waals surface area contributed by atoms with Gasteiger partial charge in [0.25, 0.3) is 0 Å². The molecule has 0 amide bonds. The molecule has 110 heavy (non-hydrogen) atoms. The van der Waals surface area contributed by atoms with Crippen molar-refractivity contribution in [2.75, 3.05) is 0 Å². The second-order valence-electron chi connectivity index (χ2n) is 29.0. The number of para-hydroxylation sites is 4. The molecule has 0 saturated carbocycles. The first-order valence-electron chi connectivity index (χ1n) is 37.7. The van der Waals surface area contributed by atoms with Crippen molar-refractivity contribution in [1.29, 1.82) is 0 Å². The zero-order chi connectivity index (χ0) is 72.1. The van der Waals surface area contributed by atoms with Crippen LogP contribution in [0.1, 0.15) is 0 Å². The molecular formula is C104H64N4O2. The summed E-state index contributed by atoms with van der Waals surface area (Å²) in [6, 6.07) is 140. The van der Waals surface area contributed by atoms with Crippen LogP contribution in [0, 0.1) is 0 Å². The lowest BCUT2D eigenvalue weighted by Crippen LogP contribution is -1.95. The van der Waals surface area contributed by atoms with E-state index in [-0.39, 0.29) is 0 Å². The van der Waals surface area contributed by atoms with Gasteiger partial charge in [-0.3, -0.25) is 0 Å². The van der Waals surface area contributed by atoms with Crippen LogP contribution in [0.25, 0.3) is 220 Å². The summed E-state index contributed by atoms with van der Waals surface area (Å²) >= 11 is 0. The Kier molecular flexibility index (Phi) is 13.7. The molecule has 6 nitrogen and oxygen atoms in total. The summed E-state index contributed by atoms with van der Waals surface area (Å²) in [5, 5.41) is 19.2. The Morgan fingerprint density at radius 1 is 0.164 bits per heavy atom. The Morgan fingerprint density at radius 2 is 0.518 bits per heavy atom. The predicted molar refractivity (Wildman–Crippen MR) is 462 cm³/mol. The van der Waals surface area contributed by atoms with Gasteiger partial charge in [0.05, 0.1) is 60.9 Å². The van der Waals surface area contributed by atoms with Gasteiger partial charge in [0.2, 0.25) is 0 Å². The van der Waals surface area contributed by atoms with Gasteiger partial charge in [-0.15, -0.1) is 0 Å². The van der Waals surface area contributed by atoms with E-state index in [0.29, 0.717) is 0 Å². The highest BCUT2D eigenvalue weighted by Gasteiger charge is 2.24. The molecule has 0 spiro atoms. The monoisotopic (exact) mass is 1400 g/mol. The normalized spacial score (nSPS) is 12.0. The summed E-state index contributed by atoms with van der Waals surface area (Å²) in [5.41, 5.74) is 27.2. The molecule has 0 aliphatic rings. The number of hydrogen-bond acceptors (Lipinski definition) is 2. The van der Waals surface area contributed by atoms with Crippen molar-refractivity contribution in [3.05, 3.63) is 388 Å². The van der Waals surface area contributed by atoms with Crippen molar-refractivity contribution in [2.24, 2.45) is 0 Å². The fourth-order valence-corrected chi connectivity index (χ4v) is 18.0. The van der Waals surface area contributed by atoms with Crippen LogP contribution in [0.2, 0.25) is 0 Å². The van der Waals surface area contributed by atoms with Gasteiger partial charge < -0.3 is 27.1 Å². The standard InChI is InChI=1S/2C52H32N2O/c1-2-11-33(12-3-1)34-21-25-38(26-22-34)53-48-29-24-37(32-44(48)51-49(53)30-27-42-41-17-7-9-20-50(41)55-52(42)51)36-23-28-47-43(31-36)40-16-6-8-18-46(40)54(47)45-19-10-14-35-13-4-5-15-39(35)45;1-2-11-33(12-3-1)34-21-25-38(26-22-34)53-47-28-24-37(32-43(47)51-48(53)29-30-50-52(51)41-17-7-9-20-49(41)55-50)36-23-27-46-42(31-36)40-16-6-8-18-45(40)54(46)44-19-10-14-35-13-4-5-15-39(35)44/h2*1-32H. The van der Waals surface area contributed by atoms with E-state index < -0.39 is 0 Å². The average molecular weight is 1400 g/mol. The van der Waals surface area contributed by atoms with Crippen molar-refractivity contribution in [2.45, 2.75) is 0 Å². The molecule has 512 valence electrons. The number of benzene rings is 18. The number of hydrogen-bond donors (Lipinski definition) is 0. The first-order valence-corrected chi connectivity index (χ1v) is 37.7. The number of fused-ring (bicyclic) bond motifs is 22. The minimum atomic E-state index is 0.903. The van der Waals surface area contributed by atoms with E-state index in [2.05, 4.69) is 394 Å². The molecule has 0 atom stereocenters. The molecule has 24 aromatic rings. The van der Waals surface area contributed by atoms with Crippen LogP contribution in [0.5, 0.6) is 0 Å². The van der Waals surface area contributed by atoms with Crippen LogP contribution in [0.3, 0.4) is 0 Å². The van der Waals surface area contributed by atoms with E-state index in [1.807, 2.05) is 12.1 Å². The van der Waals surface area contributed by atoms with Crippen molar-refractivity contribution < 1.29 is 8.83 Å². The maximum Gasteiger partial charge on any atom is 0.145 e. The van der Waals surface area contributed by atoms with Crippen molar-refractivity contribution >= 4 is 153 Å². The smallest absolute Gasteiger partial charge is 0.145 e. The Labute approximate surface area is 631 Å². The maximum absolute atomic E-state index is 6.71. The zero-order valence-electron chi connectivity index (χ0n) is 59.6. The molecule has 6 heteroatoms. The van der Waals surface area contributed by atoms with Gasteiger partial charge in [-0.25, -0.2) is 0 Å². The predicted octanol–water partition coefficient (Wildman–Crippen LogP) is 28.5. The summed E-state index contributed by atoms with van der Waals surface area (Å²) < 4.78 is 22.8. The second kappa shape index (κ2) is 24.4. The second-order valence-corrected chi connectivity index (χ2v) is 29.0. The van der Waals surface area contributed by atoms with E-state index in [1.54, 1.807) is 0 Å². The molecule has 0 radical (unpaired) electrons. The van der Waals surface area contributed by atoms with Crippen LogP contribution in [-0.4, -0.2) is 18.3 Å². The molecule has 0 bridgehead atoms. The van der Waals surface area contributed by atoms with Gasteiger partial charge in [-0.1, -0.05) is 255 Å². The summed E-state index contributed by atoms with van der Waals surface area (Å²) in [6.07, 6.45) is 0. The van der Waals surface area contributed by atoms with Crippen molar-refractivity contribution in [3.63, 3.8) is 0 Å². The first-order chi connectivity index (χ1) is 54.6. The average Bonchev–Trinajstić information content (AvgIpc) is 1.56. The lowest BCUT2D eigenvalue weighted by molar-refractivity contribution is 0.669. The minimum Gasteiger partial charge on any atom is -0.456 e. The Bertz CT molecular complexity index is 7860. The highest BCUT2D eigenvalue weighted by molar-refractivity contribution is 6.29. The third kappa shape index (κ3) is 9.49. The Hall–Kier alpha value is -14.7. The largest absolute Gasteiger partial charge is 0.456 e. The van der Waals surface area contributed by atoms with Gasteiger partial charge in [-0.2, -0.15) is 0 Å². The maximum atomic E-state index is 6.71. The Balaban J connectivity index is 0.000000132. The summed E-state index contributed by atoms with van der Waals surface area (Å²) in [4.78, 5) is 0. The van der Waals surface area contributed by atoms with Crippen LogP contribution in [0.15, 0.2) is 397 Å². The number of furan rings is 2. The van der Waals surface area contributed by atoms with Crippen LogP contribution in [-0.2, 0) is 0 Å². The summed E-state index contributed by atoms with van der Waals surface area (Å²) in [7, 11) is 0. The minimum absolute atomic E-state index is 0.903. The van der Waals surface area contributed by atoms with E-state index in [9.17, 15) is 0 Å². The molecular weight excluding hydrogens is 1340 g/mol. The fraction of sp³-hybridized carbons (Fsp3) is 0. The molecule has 18 aromatic carbocycles. The van der Waals surface area contributed by atoms with Gasteiger partial charge in [0, 0.05) is 81.4 Å². The molecule has 0 N–H and O–H groups in total. The highest BCUT2D eigenvalue weighted by atomic mass is 16.3. The van der Waals surface area contributed by atoms with Gasteiger partial charge in [0.1, 0.15) is 22.3 Å². The van der Waals surface area contributed by atoms with Crippen LogP contribution in [0.4, 0.5) is 0 Å². The molecule has 0 unspecified atom stereocenters. The fourth-order valence-electron chi connectivity index (χ4n) is 18.0. The van der Waals surface area contributed by atoms with Gasteiger partial charge in [0.15, 0.2) is 0 Å². The van der Waals surface area contributed by atoms with Crippen molar-refractivity contribution in [3.8, 4) is 67.3 Å². The third-order valence-corrected chi connectivity index (χ3v) is 23.0. The lowest BCUT2D eigenvalue weighted by atomic mass is 9.99. The number of aromatic nitrogens is 4. The van der Waals surface area contributed by atoms with Crippen LogP contribution < -0.4 is 0 Å². The van der Waals surface area contributed by atoms with E-state index in [1.165, 1.54) is 137 Å². The molecule has 6 aromatic heterocycles. The third-order valence-electron chi connectivity index (χ3n) is 23.0. The first kappa shape index (κ1) is 61.6. The molecule has 0 fully saturated rings. The number of rotatable bonds is 8. The van der Waals surface area contributed by atoms with Gasteiger partial charge in [-0.05, 0) is 189 Å². The summed E-state index contributed by atoms with van der Waals surface area (Å²) in [5.74, 6) is 0. The summed E-state index contributed by atoms with van der Waals surface area (Å²) in [6.45, 7) is 0. The quantitative estimate of drug-likeness (QED) is 0.152. The zero-order valence-corrected chi connectivity index (χ0v) is 59.6. The number of nitrogens with zero attached hydrogens (tertiary/aromatic N) is 4. The van der Waals surface area contributed by atoms with E-state index >= 15 is 0 Å². The van der Waals surface area contributed by atoms with Gasteiger partial charge >= 0.3 is 0 Å². The molecule has 24 rings (SSSR count).